The van der Waals surface area contributed by atoms with Crippen LogP contribution in [0.2, 0.25) is 0 Å². The molecule has 14 heavy (non-hydrogen) atoms. The summed E-state index contributed by atoms with van der Waals surface area (Å²) in [5.74, 6) is -1.65. The van der Waals surface area contributed by atoms with Gasteiger partial charge < -0.3 is 9.84 Å². The molecule has 0 aliphatic carbocycles. The largest absolute Gasteiger partial charge is 0.388 e. The lowest BCUT2D eigenvalue weighted by Gasteiger charge is -2.07. The first kappa shape index (κ1) is 12.8. The highest BCUT2D eigenvalue weighted by molar-refractivity contribution is 5.96. The van der Waals surface area contributed by atoms with E-state index >= 15 is 0 Å². The molecular formula is C10H16O4. The van der Waals surface area contributed by atoms with E-state index in [-0.39, 0.29) is 12.0 Å². The van der Waals surface area contributed by atoms with Gasteiger partial charge in [-0.1, -0.05) is 26.8 Å². The number of aliphatic hydroxyl groups excluding tert-OH is 1. The second kappa shape index (κ2) is 6.32. The normalized spacial score (nSPS) is 11.9. The van der Waals surface area contributed by atoms with Crippen molar-refractivity contribution in [2.24, 2.45) is 0 Å². The van der Waals surface area contributed by atoms with Gasteiger partial charge in [-0.05, 0) is 12.8 Å². The molecule has 0 saturated heterocycles. The molecule has 0 spiro atoms. The Bertz CT molecular complexity index is 232. The van der Waals surface area contributed by atoms with Crippen molar-refractivity contribution in [1.82, 2.24) is 0 Å². The highest BCUT2D eigenvalue weighted by Crippen LogP contribution is 2.05. The third-order valence-electron chi connectivity index (χ3n) is 1.69. The van der Waals surface area contributed by atoms with Crippen LogP contribution in [0.15, 0.2) is 12.2 Å². The van der Waals surface area contributed by atoms with Gasteiger partial charge in [0.05, 0.1) is 0 Å². The molecule has 1 unspecified atom stereocenters. The second-order valence-electron chi connectivity index (χ2n) is 2.99. The van der Waals surface area contributed by atoms with E-state index in [0.717, 1.165) is 6.42 Å². The van der Waals surface area contributed by atoms with Crippen LogP contribution in [0.1, 0.15) is 33.1 Å². The van der Waals surface area contributed by atoms with Gasteiger partial charge in [0, 0.05) is 5.57 Å². The molecule has 0 aromatic heterocycles. The third kappa shape index (κ3) is 4.18. The lowest BCUT2D eigenvalue weighted by atomic mass is 10.2. The quantitative estimate of drug-likeness (QED) is 0.411. The van der Waals surface area contributed by atoms with Crippen LogP contribution in [-0.4, -0.2) is 23.1 Å². The number of carbonyl (C=O) groups is 2. The lowest BCUT2D eigenvalue weighted by molar-refractivity contribution is -0.163. The summed E-state index contributed by atoms with van der Waals surface area (Å²) in [5, 5.41) is 9.03. The summed E-state index contributed by atoms with van der Waals surface area (Å²) in [6, 6.07) is 0. The maximum atomic E-state index is 11.1. The van der Waals surface area contributed by atoms with Gasteiger partial charge >= 0.3 is 11.9 Å². The summed E-state index contributed by atoms with van der Waals surface area (Å²) in [6.45, 7) is 6.99. The van der Waals surface area contributed by atoms with E-state index < -0.39 is 18.0 Å². The molecule has 0 fully saturated rings. The Morgan fingerprint density at radius 1 is 1.43 bits per heavy atom. The average molecular weight is 200 g/mol. The molecule has 0 bridgehead atoms. The Kier molecular flexibility index (Phi) is 5.79. The van der Waals surface area contributed by atoms with Gasteiger partial charge in [0.2, 0.25) is 0 Å². The van der Waals surface area contributed by atoms with Crippen LogP contribution in [0, 0.1) is 0 Å². The van der Waals surface area contributed by atoms with Crippen LogP contribution in [-0.2, 0) is 14.3 Å². The number of hydrogen-bond acceptors (Lipinski definition) is 4. The molecule has 0 rings (SSSR count). The minimum absolute atomic E-state index is 0.229. The average Bonchev–Trinajstić information content (AvgIpc) is 2.16. The highest BCUT2D eigenvalue weighted by Gasteiger charge is 2.19. The fourth-order valence-corrected chi connectivity index (χ4v) is 0.802. The van der Waals surface area contributed by atoms with Crippen LogP contribution in [0.3, 0.4) is 0 Å². The third-order valence-corrected chi connectivity index (χ3v) is 1.69. The van der Waals surface area contributed by atoms with E-state index in [1.165, 1.54) is 0 Å². The molecule has 0 aromatic rings. The molecule has 0 radical (unpaired) electrons. The summed E-state index contributed by atoms with van der Waals surface area (Å²) in [6.07, 6.45) is 0.257. The zero-order chi connectivity index (χ0) is 11.1. The van der Waals surface area contributed by atoms with Gasteiger partial charge in [0.1, 0.15) is 0 Å². The number of aliphatic hydroxyl groups is 1. The fourth-order valence-electron chi connectivity index (χ4n) is 0.802. The van der Waals surface area contributed by atoms with Gasteiger partial charge in [-0.3, -0.25) is 0 Å². The molecule has 1 N–H and O–H groups in total. The van der Waals surface area contributed by atoms with Gasteiger partial charge in [-0.15, -0.1) is 0 Å². The highest BCUT2D eigenvalue weighted by atomic mass is 16.6. The Hall–Kier alpha value is -1.16. The second-order valence-corrected chi connectivity index (χ2v) is 2.99. The maximum Gasteiger partial charge on any atom is 0.342 e. The van der Waals surface area contributed by atoms with Crippen molar-refractivity contribution in [2.45, 2.75) is 39.2 Å². The van der Waals surface area contributed by atoms with Gasteiger partial charge in [-0.2, -0.15) is 0 Å². The minimum atomic E-state index is -1.23. The van der Waals surface area contributed by atoms with Gasteiger partial charge in [-0.25, -0.2) is 9.59 Å². The van der Waals surface area contributed by atoms with Crippen LogP contribution >= 0.6 is 0 Å². The smallest absolute Gasteiger partial charge is 0.342 e. The van der Waals surface area contributed by atoms with Crippen molar-refractivity contribution in [3.63, 3.8) is 0 Å². The molecule has 0 aliphatic heterocycles. The molecule has 0 aromatic carbocycles. The molecule has 0 saturated carbocycles. The van der Waals surface area contributed by atoms with Crippen molar-refractivity contribution >= 4 is 11.9 Å². The molecule has 4 heteroatoms. The Morgan fingerprint density at radius 3 is 2.43 bits per heavy atom. The fraction of sp³-hybridized carbons (Fsp3) is 0.600. The number of esters is 2. The molecule has 0 aliphatic rings. The summed E-state index contributed by atoms with van der Waals surface area (Å²) >= 11 is 0. The van der Waals surface area contributed by atoms with Crippen molar-refractivity contribution in [1.29, 1.82) is 0 Å². The summed E-state index contributed by atoms with van der Waals surface area (Å²) in [4.78, 5) is 22.1. The van der Waals surface area contributed by atoms with Crippen molar-refractivity contribution in [2.75, 3.05) is 0 Å². The monoisotopic (exact) mass is 200 g/mol. The molecule has 0 amide bonds. The first-order valence-corrected chi connectivity index (χ1v) is 4.64. The number of ether oxygens (including phenoxy) is 1. The predicted molar refractivity (Wildman–Crippen MR) is 51.4 cm³/mol. The van der Waals surface area contributed by atoms with E-state index in [0.29, 0.717) is 6.42 Å². The van der Waals surface area contributed by atoms with Gasteiger partial charge in [0.15, 0.2) is 6.10 Å². The van der Waals surface area contributed by atoms with E-state index in [1.54, 1.807) is 6.92 Å². The number of carbonyl (C=O) groups excluding carboxylic acids is 2. The minimum Gasteiger partial charge on any atom is -0.388 e. The predicted octanol–water partition coefficient (Wildman–Crippen LogP) is 1.18. The Morgan fingerprint density at radius 2 is 2.00 bits per heavy atom. The summed E-state index contributed by atoms with van der Waals surface area (Å²) in [7, 11) is 0. The van der Waals surface area contributed by atoms with Crippen LogP contribution in [0.4, 0.5) is 0 Å². The number of rotatable bonds is 5. The summed E-state index contributed by atoms with van der Waals surface area (Å²) in [5.41, 5.74) is 0.254. The Balaban J connectivity index is 4.06. The van der Waals surface area contributed by atoms with E-state index in [9.17, 15) is 9.59 Å². The van der Waals surface area contributed by atoms with Crippen LogP contribution in [0.5, 0.6) is 0 Å². The molecular weight excluding hydrogens is 184 g/mol. The molecule has 0 heterocycles. The Labute approximate surface area is 83.6 Å². The first-order valence-electron chi connectivity index (χ1n) is 4.64. The SMILES string of the molecule is C=C(CCC)C(=O)OC(=O)C(O)CC. The maximum absolute atomic E-state index is 11.1. The van der Waals surface area contributed by atoms with Crippen LogP contribution < -0.4 is 0 Å². The molecule has 4 nitrogen and oxygen atoms in total. The topological polar surface area (TPSA) is 63.6 Å². The molecule has 1 atom stereocenters. The summed E-state index contributed by atoms with van der Waals surface area (Å²) < 4.78 is 4.39. The van der Waals surface area contributed by atoms with Gasteiger partial charge in [0.25, 0.3) is 0 Å². The first-order chi connectivity index (χ1) is 6.52. The van der Waals surface area contributed by atoms with Crippen molar-refractivity contribution in [3.05, 3.63) is 12.2 Å². The van der Waals surface area contributed by atoms with E-state index in [1.807, 2.05) is 6.92 Å². The van der Waals surface area contributed by atoms with E-state index in [4.69, 9.17) is 5.11 Å². The zero-order valence-electron chi connectivity index (χ0n) is 8.58. The van der Waals surface area contributed by atoms with Crippen molar-refractivity contribution in [3.8, 4) is 0 Å². The standard InChI is InChI=1S/C10H16O4/c1-4-6-7(3)9(12)14-10(13)8(11)5-2/h8,11H,3-6H2,1-2H3. The van der Waals surface area contributed by atoms with E-state index in [2.05, 4.69) is 11.3 Å². The molecule has 80 valence electrons. The lowest BCUT2D eigenvalue weighted by Crippen LogP contribution is -2.25. The van der Waals surface area contributed by atoms with Crippen molar-refractivity contribution < 1.29 is 19.4 Å². The zero-order valence-corrected chi connectivity index (χ0v) is 8.58. The van der Waals surface area contributed by atoms with Crippen LogP contribution in [0.25, 0.3) is 0 Å². The number of hydrogen-bond donors (Lipinski definition) is 1.